The zero-order chi connectivity index (χ0) is 13.8. The molecule has 0 radical (unpaired) electrons. The summed E-state index contributed by atoms with van der Waals surface area (Å²) in [5, 5.41) is 0. The van der Waals surface area contributed by atoms with Crippen molar-refractivity contribution in [3.63, 3.8) is 0 Å². The van der Waals surface area contributed by atoms with E-state index in [2.05, 4.69) is 15.0 Å². The Morgan fingerprint density at radius 2 is 1.68 bits per heavy atom. The molecule has 0 aliphatic carbocycles. The molecule has 1 aromatic heterocycles. The first-order valence-corrected chi connectivity index (χ1v) is 5.57. The highest BCUT2D eigenvalue weighted by Crippen LogP contribution is 2.24. The SMILES string of the molecule is COc1ccc(N(C)c2nc(N)nc(OC)n2)cc1. The van der Waals surface area contributed by atoms with Crippen LogP contribution in [0.25, 0.3) is 0 Å². The lowest BCUT2D eigenvalue weighted by atomic mass is 10.3. The van der Waals surface area contributed by atoms with Crippen molar-refractivity contribution < 1.29 is 9.47 Å². The van der Waals surface area contributed by atoms with Crippen LogP contribution in [0.4, 0.5) is 17.6 Å². The first-order valence-electron chi connectivity index (χ1n) is 5.57. The van der Waals surface area contributed by atoms with Gasteiger partial charge in [-0.1, -0.05) is 0 Å². The van der Waals surface area contributed by atoms with Crippen LogP contribution in [0, 0.1) is 0 Å². The van der Waals surface area contributed by atoms with Gasteiger partial charge in [0.25, 0.3) is 0 Å². The fourth-order valence-electron chi connectivity index (χ4n) is 1.52. The van der Waals surface area contributed by atoms with E-state index in [1.54, 1.807) is 12.0 Å². The first kappa shape index (κ1) is 12.9. The Morgan fingerprint density at radius 3 is 2.26 bits per heavy atom. The van der Waals surface area contributed by atoms with E-state index in [-0.39, 0.29) is 12.0 Å². The molecule has 0 spiro atoms. The van der Waals surface area contributed by atoms with Crippen LogP contribution < -0.4 is 20.1 Å². The molecule has 0 bridgehead atoms. The van der Waals surface area contributed by atoms with Gasteiger partial charge in [0, 0.05) is 12.7 Å². The maximum absolute atomic E-state index is 5.61. The van der Waals surface area contributed by atoms with Crippen LogP contribution in [0.2, 0.25) is 0 Å². The highest BCUT2D eigenvalue weighted by atomic mass is 16.5. The van der Waals surface area contributed by atoms with Crippen molar-refractivity contribution in [2.24, 2.45) is 0 Å². The molecule has 1 heterocycles. The molecule has 0 atom stereocenters. The van der Waals surface area contributed by atoms with Crippen molar-refractivity contribution in [1.29, 1.82) is 0 Å². The van der Waals surface area contributed by atoms with E-state index < -0.39 is 0 Å². The van der Waals surface area contributed by atoms with Crippen LogP contribution in [0.5, 0.6) is 11.8 Å². The fraction of sp³-hybridized carbons (Fsp3) is 0.250. The lowest BCUT2D eigenvalue weighted by molar-refractivity contribution is 0.379. The molecule has 2 aromatic rings. The van der Waals surface area contributed by atoms with Crippen molar-refractivity contribution in [1.82, 2.24) is 15.0 Å². The Bertz CT molecular complexity index is 559. The number of anilines is 3. The summed E-state index contributed by atoms with van der Waals surface area (Å²) < 4.78 is 10.1. The van der Waals surface area contributed by atoms with E-state index in [1.165, 1.54) is 7.11 Å². The second kappa shape index (κ2) is 5.38. The molecule has 0 amide bonds. The van der Waals surface area contributed by atoms with Crippen LogP contribution in [0.15, 0.2) is 24.3 Å². The highest BCUT2D eigenvalue weighted by molar-refractivity contribution is 5.58. The molecular weight excluding hydrogens is 246 g/mol. The average molecular weight is 261 g/mol. The Hall–Kier alpha value is -2.57. The normalized spacial score (nSPS) is 10.1. The number of aromatic nitrogens is 3. The second-order valence-electron chi connectivity index (χ2n) is 3.74. The molecule has 7 heteroatoms. The zero-order valence-corrected chi connectivity index (χ0v) is 11.0. The monoisotopic (exact) mass is 261 g/mol. The lowest BCUT2D eigenvalue weighted by Gasteiger charge is -2.17. The summed E-state index contributed by atoms with van der Waals surface area (Å²) in [5.74, 6) is 1.31. The van der Waals surface area contributed by atoms with E-state index in [4.69, 9.17) is 15.2 Å². The van der Waals surface area contributed by atoms with Crippen molar-refractivity contribution in [3.05, 3.63) is 24.3 Å². The quantitative estimate of drug-likeness (QED) is 0.885. The molecule has 100 valence electrons. The number of nitrogens with zero attached hydrogens (tertiary/aromatic N) is 4. The summed E-state index contributed by atoms with van der Waals surface area (Å²) >= 11 is 0. The van der Waals surface area contributed by atoms with Gasteiger partial charge in [-0.3, -0.25) is 0 Å². The van der Waals surface area contributed by atoms with Gasteiger partial charge >= 0.3 is 6.01 Å². The number of hydrogen-bond acceptors (Lipinski definition) is 7. The van der Waals surface area contributed by atoms with Gasteiger partial charge in [0.05, 0.1) is 14.2 Å². The van der Waals surface area contributed by atoms with Gasteiger partial charge in [-0.25, -0.2) is 0 Å². The average Bonchev–Trinajstić information content (AvgIpc) is 2.46. The molecule has 0 saturated heterocycles. The number of methoxy groups -OCH3 is 2. The minimum absolute atomic E-state index is 0.113. The topological polar surface area (TPSA) is 86.4 Å². The fourth-order valence-corrected chi connectivity index (χ4v) is 1.52. The Balaban J connectivity index is 2.31. The van der Waals surface area contributed by atoms with Crippen molar-refractivity contribution in [3.8, 4) is 11.8 Å². The summed E-state index contributed by atoms with van der Waals surface area (Å²) in [4.78, 5) is 13.8. The Morgan fingerprint density at radius 1 is 1.00 bits per heavy atom. The molecule has 0 aliphatic heterocycles. The summed E-state index contributed by atoms with van der Waals surface area (Å²) in [7, 11) is 4.93. The molecule has 0 fully saturated rings. The largest absolute Gasteiger partial charge is 0.497 e. The second-order valence-corrected chi connectivity index (χ2v) is 3.74. The van der Waals surface area contributed by atoms with Crippen LogP contribution in [0.1, 0.15) is 0 Å². The van der Waals surface area contributed by atoms with Gasteiger partial charge in [0.2, 0.25) is 11.9 Å². The Labute approximate surface area is 111 Å². The van der Waals surface area contributed by atoms with E-state index in [0.717, 1.165) is 11.4 Å². The van der Waals surface area contributed by atoms with Gasteiger partial charge in [-0.15, -0.1) is 0 Å². The number of hydrogen-bond donors (Lipinski definition) is 1. The number of nitrogens with two attached hydrogens (primary N) is 1. The maximum atomic E-state index is 5.61. The van der Waals surface area contributed by atoms with Gasteiger partial charge in [0.1, 0.15) is 5.75 Å². The highest BCUT2D eigenvalue weighted by Gasteiger charge is 2.11. The zero-order valence-electron chi connectivity index (χ0n) is 11.0. The molecule has 0 unspecified atom stereocenters. The van der Waals surface area contributed by atoms with Gasteiger partial charge in [-0.2, -0.15) is 15.0 Å². The van der Waals surface area contributed by atoms with Gasteiger partial charge < -0.3 is 20.1 Å². The van der Waals surface area contributed by atoms with Gasteiger partial charge in [0.15, 0.2) is 0 Å². The van der Waals surface area contributed by atoms with Crippen molar-refractivity contribution in [2.75, 3.05) is 31.9 Å². The minimum Gasteiger partial charge on any atom is -0.497 e. The number of nitrogen functional groups attached to an aromatic ring is 1. The molecule has 0 saturated carbocycles. The van der Waals surface area contributed by atoms with E-state index in [0.29, 0.717) is 5.95 Å². The summed E-state index contributed by atoms with van der Waals surface area (Å²) in [6, 6.07) is 7.68. The molecule has 2 rings (SSSR count). The summed E-state index contributed by atoms with van der Waals surface area (Å²) in [6.07, 6.45) is 0. The van der Waals surface area contributed by atoms with Crippen molar-refractivity contribution in [2.45, 2.75) is 0 Å². The molecule has 19 heavy (non-hydrogen) atoms. The lowest BCUT2D eigenvalue weighted by Crippen LogP contribution is -2.15. The van der Waals surface area contributed by atoms with Crippen molar-refractivity contribution >= 4 is 17.6 Å². The van der Waals surface area contributed by atoms with E-state index in [1.807, 2.05) is 31.3 Å². The number of ether oxygens (including phenoxy) is 2. The van der Waals surface area contributed by atoms with Crippen LogP contribution in [-0.2, 0) is 0 Å². The molecule has 1 aromatic carbocycles. The van der Waals surface area contributed by atoms with E-state index >= 15 is 0 Å². The third-order valence-electron chi connectivity index (χ3n) is 2.56. The minimum atomic E-state index is 0.113. The Kier molecular flexibility index (Phi) is 3.65. The summed E-state index contributed by atoms with van der Waals surface area (Å²) in [5.41, 5.74) is 6.50. The maximum Gasteiger partial charge on any atom is 0.322 e. The number of benzene rings is 1. The third-order valence-corrected chi connectivity index (χ3v) is 2.56. The molecule has 2 N–H and O–H groups in total. The summed E-state index contributed by atoms with van der Waals surface area (Å²) in [6.45, 7) is 0. The first-order chi connectivity index (χ1) is 9.13. The molecule has 7 nitrogen and oxygen atoms in total. The van der Waals surface area contributed by atoms with Crippen LogP contribution in [-0.4, -0.2) is 36.2 Å². The number of rotatable bonds is 4. The molecular formula is C12H15N5O2. The smallest absolute Gasteiger partial charge is 0.322 e. The van der Waals surface area contributed by atoms with Crippen LogP contribution in [0.3, 0.4) is 0 Å². The third kappa shape index (κ3) is 2.82. The molecule has 0 aliphatic rings. The predicted molar refractivity (Wildman–Crippen MR) is 71.8 cm³/mol. The van der Waals surface area contributed by atoms with E-state index in [9.17, 15) is 0 Å². The van der Waals surface area contributed by atoms with Crippen LogP contribution >= 0.6 is 0 Å². The standard InChI is InChI=1S/C12H15N5O2/c1-17(8-4-6-9(18-2)7-5-8)11-14-10(13)15-12(16-11)19-3/h4-7H,1-3H3,(H2,13,14,15,16). The van der Waals surface area contributed by atoms with Gasteiger partial charge in [-0.05, 0) is 24.3 Å². The predicted octanol–water partition coefficient (Wildman–Crippen LogP) is 1.24.